The number of nitro groups is 1. The largest absolute Gasteiger partial charge is 0.478 e. The van der Waals surface area contributed by atoms with Crippen molar-refractivity contribution in [3.63, 3.8) is 0 Å². The molecule has 0 aliphatic rings. The lowest BCUT2D eigenvalue weighted by Crippen LogP contribution is -2.10. The number of fused-ring (bicyclic) bond motifs is 1. The van der Waals surface area contributed by atoms with Gasteiger partial charge >= 0.3 is 17.3 Å². The van der Waals surface area contributed by atoms with E-state index >= 15 is 0 Å². The molecule has 0 radical (unpaired) electrons. The van der Waals surface area contributed by atoms with Gasteiger partial charge in [0, 0.05) is 11.1 Å². The van der Waals surface area contributed by atoms with Crippen LogP contribution in [-0.2, 0) is 0 Å². The highest BCUT2D eigenvalue weighted by atomic mass is 35.5. The van der Waals surface area contributed by atoms with Gasteiger partial charge in [0.1, 0.15) is 11.3 Å². The highest BCUT2D eigenvalue weighted by Gasteiger charge is 2.25. The minimum Gasteiger partial charge on any atom is -0.478 e. The van der Waals surface area contributed by atoms with Gasteiger partial charge in [-0.3, -0.25) is 10.1 Å². The summed E-state index contributed by atoms with van der Waals surface area (Å²) in [4.78, 5) is 33.6. The van der Waals surface area contributed by atoms with E-state index in [4.69, 9.17) is 21.1 Å². The van der Waals surface area contributed by atoms with Crippen LogP contribution in [0.3, 0.4) is 0 Å². The molecule has 3 rings (SSSR count). The van der Waals surface area contributed by atoms with E-state index in [2.05, 4.69) is 5.32 Å². The summed E-state index contributed by atoms with van der Waals surface area (Å²) in [5.74, 6) is -1.25. The molecule has 0 aliphatic heterocycles. The SMILES string of the molecule is O=C(O)c1cc(Nc2c([N+](=O)[O-])c(=O)oc3ccccc23)ccc1Cl. The average Bonchev–Trinajstić information content (AvgIpc) is 2.55. The number of halogens is 1. The third-order valence-corrected chi connectivity index (χ3v) is 3.77. The van der Waals surface area contributed by atoms with E-state index in [9.17, 15) is 19.7 Å². The second-order valence-corrected chi connectivity index (χ2v) is 5.40. The van der Waals surface area contributed by atoms with Crippen LogP contribution in [0.25, 0.3) is 11.0 Å². The number of carbonyl (C=O) groups is 1. The predicted molar refractivity (Wildman–Crippen MR) is 90.8 cm³/mol. The summed E-state index contributed by atoms with van der Waals surface area (Å²) in [6, 6.07) is 10.3. The molecule has 3 aromatic rings. The van der Waals surface area contributed by atoms with Crippen molar-refractivity contribution in [2.24, 2.45) is 0 Å². The molecule has 2 aromatic carbocycles. The summed E-state index contributed by atoms with van der Waals surface area (Å²) < 4.78 is 4.96. The Morgan fingerprint density at radius 1 is 1.24 bits per heavy atom. The zero-order chi connectivity index (χ0) is 18.1. The first kappa shape index (κ1) is 16.5. The van der Waals surface area contributed by atoms with Crippen molar-refractivity contribution >= 4 is 45.6 Å². The lowest BCUT2D eigenvalue weighted by atomic mass is 10.1. The molecule has 0 fully saturated rings. The Hall–Kier alpha value is -3.39. The van der Waals surface area contributed by atoms with Gasteiger partial charge in [0.25, 0.3) is 0 Å². The van der Waals surface area contributed by atoms with Crippen LogP contribution in [0.15, 0.2) is 51.7 Å². The maximum Gasteiger partial charge on any atom is 0.417 e. The summed E-state index contributed by atoms with van der Waals surface area (Å²) in [6.45, 7) is 0. The summed E-state index contributed by atoms with van der Waals surface area (Å²) >= 11 is 5.81. The van der Waals surface area contributed by atoms with E-state index in [-0.39, 0.29) is 27.5 Å². The van der Waals surface area contributed by atoms with Crippen LogP contribution in [0.4, 0.5) is 17.1 Å². The van der Waals surface area contributed by atoms with Crippen molar-refractivity contribution in [1.29, 1.82) is 0 Å². The normalized spacial score (nSPS) is 10.6. The van der Waals surface area contributed by atoms with Crippen molar-refractivity contribution < 1.29 is 19.2 Å². The number of nitrogens with one attached hydrogen (secondary N) is 1. The lowest BCUT2D eigenvalue weighted by molar-refractivity contribution is -0.386. The Kier molecular flexibility index (Phi) is 4.12. The first-order valence-electron chi connectivity index (χ1n) is 6.88. The second-order valence-electron chi connectivity index (χ2n) is 4.99. The van der Waals surface area contributed by atoms with Crippen molar-refractivity contribution in [3.8, 4) is 0 Å². The first-order valence-corrected chi connectivity index (χ1v) is 7.26. The average molecular weight is 361 g/mol. The van der Waals surface area contributed by atoms with Crippen molar-refractivity contribution in [1.82, 2.24) is 0 Å². The molecule has 0 bridgehead atoms. The van der Waals surface area contributed by atoms with Crippen molar-refractivity contribution in [2.75, 3.05) is 5.32 Å². The topological polar surface area (TPSA) is 123 Å². The highest BCUT2D eigenvalue weighted by molar-refractivity contribution is 6.33. The predicted octanol–water partition coefficient (Wildman–Crippen LogP) is 3.80. The Morgan fingerprint density at radius 2 is 1.96 bits per heavy atom. The molecule has 1 heterocycles. The molecular weight excluding hydrogens is 352 g/mol. The fourth-order valence-corrected chi connectivity index (χ4v) is 2.54. The Balaban J connectivity index is 2.23. The van der Waals surface area contributed by atoms with Gasteiger partial charge in [0.2, 0.25) is 0 Å². The van der Waals surface area contributed by atoms with Crippen molar-refractivity contribution in [2.45, 2.75) is 0 Å². The maximum atomic E-state index is 12.0. The fourth-order valence-electron chi connectivity index (χ4n) is 2.34. The lowest BCUT2D eigenvalue weighted by Gasteiger charge is -2.10. The number of anilines is 2. The van der Waals surface area contributed by atoms with Crippen LogP contribution in [0.1, 0.15) is 10.4 Å². The van der Waals surface area contributed by atoms with E-state index in [1.807, 2.05) is 0 Å². The Bertz CT molecular complexity index is 1080. The fraction of sp³-hybridized carbons (Fsp3) is 0. The number of carboxylic acids is 1. The molecule has 0 saturated heterocycles. The Morgan fingerprint density at radius 3 is 2.64 bits per heavy atom. The summed E-state index contributed by atoms with van der Waals surface area (Å²) in [7, 11) is 0. The molecule has 0 aliphatic carbocycles. The molecule has 25 heavy (non-hydrogen) atoms. The van der Waals surface area contributed by atoms with Gasteiger partial charge in [-0.15, -0.1) is 0 Å². The molecule has 0 spiro atoms. The van der Waals surface area contributed by atoms with Gasteiger partial charge < -0.3 is 14.8 Å². The van der Waals surface area contributed by atoms with Crippen LogP contribution in [-0.4, -0.2) is 16.0 Å². The molecule has 0 unspecified atom stereocenters. The number of carboxylic acid groups (broad SMARTS) is 1. The molecule has 8 nitrogen and oxygen atoms in total. The first-order chi connectivity index (χ1) is 11.9. The zero-order valence-electron chi connectivity index (χ0n) is 12.4. The number of hydrogen-bond donors (Lipinski definition) is 2. The van der Waals surface area contributed by atoms with E-state index in [0.29, 0.717) is 5.39 Å². The summed E-state index contributed by atoms with van der Waals surface area (Å²) in [6.07, 6.45) is 0. The van der Waals surface area contributed by atoms with Gasteiger partial charge in [0.15, 0.2) is 0 Å². The number of hydrogen-bond acceptors (Lipinski definition) is 6. The molecule has 2 N–H and O–H groups in total. The highest BCUT2D eigenvalue weighted by Crippen LogP contribution is 2.33. The molecule has 0 saturated carbocycles. The molecule has 9 heteroatoms. The van der Waals surface area contributed by atoms with Crippen molar-refractivity contribution in [3.05, 3.63) is 73.6 Å². The third-order valence-electron chi connectivity index (χ3n) is 3.44. The molecule has 0 amide bonds. The van der Waals surface area contributed by atoms with E-state index in [1.165, 1.54) is 24.3 Å². The van der Waals surface area contributed by atoms with Gasteiger partial charge in [-0.1, -0.05) is 23.7 Å². The molecule has 0 atom stereocenters. The molecular formula is C16H9ClN2O6. The minimum atomic E-state index is -1.25. The van der Waals surface area contributed by atoms with Gasteiger partial charge in [-0.05, 0) is 30.3 Å². The Labute approximate surface area is 144 Å². The van der Waals surface area contributed by atoms with Crippen LogP contribution in [0.2, 0.25) is 5.02 Å². The van der Waals surface area contributed by atoms with E-state index in [1.54, 1.807) is 18.2 Å². The molecule has 1 aromatic heterocycles. The number of rotatable bonds is 4. The monoisotopic (exact) mass is 360 g/mol. The quantitative estimate of drug-likeness (QED) is 0.412. The standard InChI is InChI=1S/C16H9ClN2O6/c17-11-6-5-8(7-10(11)15(20)21)18-13-9-3-1-2-4-12(9)25-16(22)14(13)19(23)24/h1-7,18H,(H,20,21). The van der Waals surface area contributed by atoms with Crippen LogP contribution >= 0.6 is 11.6 Å². The van der Waals surface area contributed by atoms with Gasteiger partial charge in [-0.2, -0.15) is 0 Å². The van der Waals surface area contributed by atoms with E-state index in [0.717, 1.165) is 0 Å². The summed E-state index contributed by atoms with van der Waals surface area (Å²) in [5.41, 5.74) is -1.77. The van der Waals surface area contributed by atoms with Gasteiger partial charge in [0.05, 0.1) is 15.5 Å². The summed E-state index contributed by atoms with van der Waals surface area (Å²) in [5, 5.41) is 23.5. The number of aromatic carboxylic acids is 1. The van der Waals surface area contributed by atoms with Crippen LogP contribution < -0.4 is 10.9 Å². The van der Waals surface area contributed by atoms with Crippen LogP contribution in [0.5, 0.6) is 0 Å². The molecule has 126 valence electrons. The zero-order valence-corrected chi connectivity index (χ0v) is 13.1. The maximum absolute atomic E-state index is 12.0. The minimum absolute atomic E-state index is 0.0185. The smallest absolute Gasteiger partial charge is 0.417 e. The number of para-hydroxylation sites is 1. The van der Waals surface area contributed by atoms with Crippen LogP contribution in [0, 0.1) is 10.1 Å². The number of nitrogens with zero attached hydrogens (tertiary/aromatic N) is 1. The van der Waals surface area contributed by atoms with Gasteiger partial charge in [-0.25, -0.2) is 9.59 Å². The van der Waals surface area contributed by atoms with E-state index < -0.39 is 22.2 Å². The third kappa shape index (κ3) is 3.02. The second kappa shape index (κ2) is 6.25. The number of benzene rings is 2.